The Morgan fingerprint density at radius 1 is 1.00 bits per heavy atom. The Kier molecular flexibility index (Phi) is 8.84. The topological polar surface area (TPSA) is 106 Å². The largest absolute Gasteiger partial charge is 0.497 e. The Balaban J connectivity index is 2.19. The molecule has 0 aliphatic rings. The number of carbonyl (C=O) groups is 3. The van der Waals surface area contributed by atoms with Gasteiger partial charge in [-0.3, -0.25) is 9.59 Å². The van der Waals surface area contributed by atoms with Crippen molar-refractivity contribution in [2.75, 3.05) is 26.7 Å². The van der Waals surface area contributed by atoms with Crippen molar-refractivity contribution in [3.63, 3.8) is 0 Å². The van der Waals surface area contributed by atoms with Gasteiger partial charge in [-0.05, 0) is 44.5 Å². The zero-order valence-corrected chi connectivity index (χ0v) is 16.1. The van der Waals surface area contributed by atoms with Crippen LogP contribution in [0.15, 0.2) is 30.3 Å². The molecule has 27 heavy (non-hydrogen) atoms. The van der Waals surface area contributed by atoms with Crippen molar-refractivity contribution < 1.29 is 23.9 Å². The molecule has 148 valence electrons. The van der Waals surface area contributed by atoms with E-state index >= 15 is 0 Å². The van der Waals surface area contributed by atoms with Crippen LogP contribution in [0.3, 0.4) is 0 Å². The quantitative estimate of drug-likeness (QED) is 0.470. The monoisotopic (exact) mass is 377 g/mol. The lowest BCUT2D eigenvalue weighted by Gasteiger charge is -2.19. The highest BCUT2D eigenvalue weighted by molar-refractivity contribution is 5.91. The van der Waals surface area contributed by atoms with Gasteiger partial charge in [-0.2, -0.15) is 0 Å². The third kappa shape index (κ3) is 10.5. The molecular weight excluding hydrogens is 350 g/mol. The second-order valence-electron chi connectivity index (χ2n) is 6.60. The van der Waals surface area contributed by atoms with E-state index in [0.717, 1.165) is 11.3 Å². The predicted octanol–water partition coefficient (Wildman–Crippen LogP) is 1.47. The van der Waals surface area contributed by atoms with Gasteiger partial charge in [0.15, 0.2) is 0 Å². The summed E-state index contributed by atoms with van der Waals surface area (Å²) in [5.74, 6) is 0.101. The van der Waals surface area contributed by atoms with Crippen LogP contribution in [0.1, 0.15) is 26.3 Å². The number of nitrogens with one attached hydrogen (secondary N) is 3. The lowest BCUT2D eigenvalue weighted by Crippen LogP contribution is -2.41. The molecular formula is C19H27N3O5. The summed E-state index contributed by atoms with van der Waals surface area (Å²) in [6, 6.07) is 7.28. The van der Waals surface area contributed by atoms with Crippen molar-refractivity contribution in [1.29, 1.82) is 0 Å². The Hall–Kier alpha value is -3.03. The van der Waals surface area contributed by atoms with E-state index in [-0.39, 0.29) is 31.4 Å². The van der Waals surface area contributed by atoms with Gasteiger partial charge in [0.05, 0.1) is 13.7 Å². The average molecular weight is 377 g/mol. The molecule has 0 fully saturated rings. The molecule has 0 aliphatic carbocycles. The van der Waals surface area contributed by atoms with Crippen molar-refractivity contribution in [3.8, 4) is 5.75 Å². The lowest BCUT2D eigenvalue weighted by molar-refractivity contribution is -0.120. The maximum absolute atomic E-state index is 11.7. The molecule has 0 saturated carbocycles. The van der Waals surface area contributed by atoms with Crippen LogP contribution in [-0.2, 0) is 14.3 Å². The summed E-state index contributed by atoms with van der Waals surface area (Å²) in [5, 5.41) is 7.58. The van der Waals surface area contributed by atoms with Crippen LogP contribution in [0, 0.1) is 0 Å². The summed E-state index contributed by atoms with van der Waals surface area (Å²) < 4.78 is 10.1. The van der Waals surface area contributed by atoms with E-state index in [2.05, 4.69) is 16.0 Å². The van der Waals surface area contributed by atoms with Gasteiger partial charge in [-0.15, -0.1) is 0 Å². The Morgan fingerprint density at radius 2 is 1.63 bits per heavy atom. The standard InChI is InChI=1S/C19H27N3O5/c1-19(2,3)27-18(25)22-13-17(24)21-12-11-20-16(23)10-7-14-5-8-15(26-4)9-6-14/h5-10H,11-13H2,1-4H3,(H,20,23)(H,21,24)(H,22,25)/b10-7+. The van der Waals surface area contributed by atoms with Gasteiger partial charge in [0.1, 0.15) is 11.4 Å². The number of rotatable bonds is 8. The summed E-state index contributed by atoms with van der Waals surface area (Å²) in [6.45, 7) is 5.52. The first kappa shape index (κ1) is 22.0. The third-order valence-corrected chi connectivity index (χ3v) is 3.08. The molecule has 0 heterocycles. The van der Waals surface area contributed by atoms with Crippen LogP contribution >= 0.6 is 0 Å². The summed E-state index contributed by atoms with van der Waals surface area (Å²) in [7, 11) is 1.59. The second-order valence-corrected chi connectivity index (χ2v) is 6.60. The first-order valence-corrected chi connectivity index (χ1v) is 8.53. The molecule has 0 atom stereocenters. The number of amides is 3. The summed E-state index contributed by atoms with van der Waals surface area (Å²) in [6.07, 6.45) is 2.43. The maximum Gasteiger partial charge on any atom is 0.408 e. The van der Waals surface area contributed by atoms with Gasteiger partial charge in [-0.1, -0.05) is 12.1 Å². The summed E-state index contributed by atoms with van der Waals surface area (Å²) in [5.41, 5.74) is 0.247. The van der Waals surface area contributed by atoms with Crippen molar-refractivity contribution in [3.05, 3.63) is 35.9 Å². The van der Waals surface area contributed by atoms with Gasteiger partial charge in [0.2, 0.25) is 11.8 Å². The van der Waals surface area contributed by atoms with Crippen LogP contribution in [0.2, 0.25) is 0 Å². The summed E-state index contributed by atoms with van der Waals surface area (Å²) in [4.78, 5) is 34.7. The first-order chi connectivity index (χ1) is 12.7. The fraction of sp³-hybridized carbons (Fsp3) is 0.421. The van der Waals surface area contributed by atoms with E-state index < -0.39 is 11.7 Å². The molecule has 0 aromatic heterocycles. The minimum atomic E-state index is -0.658. The molecule has 0 bridgehead atoms. The number of methoxy groups -OCH3 is 1. The van der Waals surface area contributed by atoms with Gasteiger partial charge >= 0.3 is 6.09 Å². The fourth-order valence-electron chi connectivity index (χ4n) is 1.86. The number of carbonyl (C=O) groups excluding carboxylic acids is 3. The average Bonchev–Trinajstić information content (AvgIpc) is 2.61. The van der Waals surface area contributed by atoms with E-state index in [0.29, 0.717) is 0 Å². The molecule has 1 rings (SSSR count). The van der Waals surface area contributed by atoms with Crippen LogP contribution in [0.5, 0.6) is 5.75 Å². The molecule has 1 aromatic carbocycles. The number of hydrogen-bond acceptors (Lipinski definition) is 5. The third-order valence-electron chi connectivity index (χ3n) is 3.08. The molecule has 1 aromatic rings. The van der Waals surface area contributed by atoms with E-state index in [4.69, 9.17) is 9.47 Å². The SMILES string of the molecule is COc1ccc(/C=C/C(=O)NCCNC(=O)CNC(=O)OC(C)(C)C)cc1. The van der Waals surface area contributed by atoms with Gasteiger partial charge in [0.25, 0.3) is 0 Å². The van der Waals surface area contributed by atoms with Crippen molar-refractivity contribution in [2.45, 2.75) is 26.4 Å². The van der Waals surface area contributed by atoms with Crippen molar-refractivity contribution >= 4 is 24.0 Å². The number of benzene rings is 1. The molecule has 3 amide bonds. The van der Waals surface area contributed by atoms with E-state index in [1.54, 1.807) is 46.1 Å². The lowest BCUT2D eigenvalue weighted by atomic mass is 10.2. The van der Waals surface area contributed by atoms with Crippen molar-refractivity contribution in [1.82, 2.24) is 16.0 Å². The first-order valence-electron chi connectivity index (χ1n) is 8.53. The molecule has 0 spiro atoms. The Labute approximate surface area is 159 Å². The van der Waals surface area contributed by atoms with E-state index in [1.807, 2.05) is 12.1 Å². The smallest absolute Gasteiger partial charge is 0.408 e. The van der Waals surface area contributed by atoms with E-state index in [1.165, 1.54) is 6.08 Å². The Bertz CT molecular complexity index is 663. The zero-order valence-electron chi connectivity index (χ0n) is 16.1. The van der Waals surface area contributed by atoms with Crippen molar-refractivity contribution in [2.24, 2.45) is 0 Å². The van der Waals surface area contributed by atoms with Gasteiger partial charge in [-0.25, -0.2) is 4.79 Å². The maximum atomic E-state index is 11.7. The van der Waals surface area contributed by atoms with Crippen LogP contribution < -0.4 is 20.7 Å². The number of hydrogen-bond donors (Lipinski definition) is 3. The van der Waals surface area contributed by atoms with Crippen LogP contribution in [0.4, 0.5) is 4.79 Å². The fourth-order valence-corrected chi connectivity index (χ4v) is 1.86. The predicted molar refractivity (Wildman–Crippen MR) is 102 cm³/mol. The number of ether oxygens (including phenoxy) is 2. The molecule has 3 N–H and O–H groups in total. The highest BCUT2D eigenvalue weighted by Gasteiger charge is 2.16. The molecule has 0 unspecified atom stereocenters. The second kappa shape index (κ2) is 10.8. The van der Waals surface area contributed by atoms with Gasteiger partial charge < -0.3 is 25.4 Å². The molecule has 8 nitrogen and oxygen atoms in total. The molecule has 0 saturated heterocycles. The zero-order chi connectivity index (χ0) is 20.3. The summed E-state index contributed by atoms with van der Waals surface area (Å²) >= 11 is 0. The molecule has 8 heteroatoms. The molecule has 0 radical (unpaired) electrons. The number of alkyl carbamates (subject to hydrolysis) is 1. The minimum Gasteiger partial charge on any atom is -0.497 e. The van der Waals surface area contributed by atoms with Gasteiger partial charge in [0, 0.05) is 19.2 Å². The minimum absolute atomic E-state index is 0.194. The normalized spacial score (nSPS) is 11.0. The highest BCUT2D eigenvalue weighted by atomic mass is 16.6. The van der Waals surface area contributed by atoms with E-state index in [9.17, 15) is 14.4 Å². The highest BCUT2D eigenvalue weighted by Crippen LogP contribution is 2.12. The van der Waals surface area contributed by atoms with Crippen LogP contribution in [-0.4, -0.2) is 50.3 Å². The molecule has 0 aliphatic heterocycles. The Morgan fingerprint density at radius 3 is 2.22 bits per heavy atom. The van der Waals surface area contributed by atoms with Crippen LogP contribution in [0.25, 0.3) is 6.08 Å².